The van der Waals surface area contributed by atoms with Crippen molar-refractivity contribution >= 4 is 0 Å². The van der Waals surface area contributed by atoms with E-state index in [0.717, 1.165) is 32.5 Å². The van der Waals surface area contributed by atoms with Gasteiger partial charge in [0, 0.05) is 32.7 Å². The lowest BCUT2D eigenvalue weighted by molar-refractivity contribution is 0.317. The Morgan fingerprint density at radius 1 is 1.60 bits per heavy atom. The molecule has 4 nitrogen and oxygen atoms in total. The predicted octanol–water partition coefficient (Wildman–Crippen LogP) is 0.516. The Morgan fingerprint density at radius 2 is 2.40 bits per heavy atom. The lowest BCUT2D eigenvalue weighted by Gasteiger charge is -2.14. The minimum absolute atomic E-state index is 0.365. The summed E-state index contributed by atoms with van der Waals surface area (Å²) in [7, 11) is 2.02. The van der Waals surface area contributed by atoms with E-state index in [-0.39, 0.29) is 0 Å². The maximum absolute atomic E-state index is 5.88. The Morgan fingerprint density at radius 3 is 2.93 bits per heavy atom. The SMILES string of the molecule is CCc1cc(CN2CC[C@@H](N)C2)n(C)n1. The van der Waals surface area contributed by atoms with Crippen LogP contribution in [0.15, 0.2) is 6.07 Å². The van der Waals surface area contributed by atoms with E-state index in [2.05, 4.69) is 23.0 Å². The summed E-state index contributed by atoms with van der Waals surface area (Å²) in [6.45, 7) is 5.26. The van der Waals surface area contributed by atoms with Crippen molar-refractivity contribution < 1.29 is 0 Å². The molecular weight excluding hydrogens is 188 g/mol. The molecule has 1 aromatic rings. The third-order valence-electron chi connectivity index (χ3n) is 3.08. The largest absolute Gasteiger partial charge is 0.326 e. The van der Waals surface area contributed by atoms with Crippen LogP contribution in [0.3, 0.4) is 0 Å². The molecule has 2 heterocycles. The van der Waals surface area contributed by atoms with Crippen LogP contribution in [0.4, 0.5) is 0 Å². The zero-order chi connectivity index (χ0) is 10.8. The molecule has 84 valence electrons. The zero-order valence-electron chi connectivity index (χ0n) is 9.61. The summed E-state index contributed by atoms with van der Waals surface area (Å²) in [5, 5.41) is 4.45. The highest BCUT2D eigenvalue weighted by Crippen LogP contribution is 2.12. The second-order valence-electron chi connectivity index (χ2n) is 4.39. The summed E-state index contributed by atoms with van der Waals surface area (Å²) in [5.41, 5.74) is 8.35. The Labute approximate surface area is 91.1 Å². The molecule has 2 N–H and O–H groups in total. The quantitative estimate of drug-likeness (QED) is 0.787. The topological polar surface area (TPSA) is 47.1 Å². The van der Waals surface area contributed by atoms with Gasteiger partial charge < -0.3 is 5.73 Å². The van der Waals surface area contributed by atoms with Crippen LogP contribution in [-0.4, -0.2) is 33.8 Å². The van der Waals surface area contributed by atoms with Crippen molar-refractivity contribution in [1.82, 2.24) is 14.7 Å². The number of nitrogens with zero attached hydrogens (tertiary/aromatic N) is 3. The number of rotatable bonds is 3. The third-order valence-corrected chi connectivity index (χ3v) is 3.08. The van der Waals surface area contributed by atoms with E-state index in [1.165, 1.54) is 11.4 Å². The second kappa shape index (κ2) is 4.33. The van der Waals surface area contributed by atoms with Gasteiger partial charge in [-0.15, -0.1) is 0 Å². The predicted molar refractivity (Wildman–Crippen MR) is 60.5 cm³/mol. The van der Waals surface area contributed by atoms with Crippen molar-refractivity contribution in [3.8, 4) is 0 Å². The standard InChI is InChI=1S/C11H20N4/c1-3-10-6-11(14(2)13-10)8-15-5-4-9(12)7-15/h6,9H,3-5,7-8,12H2,1-2H3/t9-/m1/s1. The number of likely N-dealkylation sites (tertiary alicyclic amines) is 1. The van der Waals surface area contributed by atoms with Gasteiger partial charge in [0.25, 0.3) is 0 Å². The minimum Gasteiger partial charge on any atom is -0.326 e. The highest BCUT2D eigenvalue weighted by atomic mass is 15.3. The summed E-state index contributed by atoms with van der Waals surface area (Å²) >= 11 is 0. The average molecular weight is 208 g/mol. The molecule has 1 aliphatic heterocycles. The molecule has 0 saturated carbocycles. The van der Waals surface area contributed by atoms with Gasteiger partial charge in [-0.3, -0.25) is 9.58 Å². The van der Waals surface area contributed by atoms with Crippen LogP contribution >= 0.6 is 0 Å². The molecule has 0 bridgehead atoms. The van der Waals surface area contributed by atoms with Gasteiger partial charge >= 0.3 is 0 Å². The van der Waals surface area contributed by atoms with Crippen LogP contribution in [0.5, 0.6) is 0 Å². The second-order valence-corrected chi connectivity index (χ2v) is 4.39. The molecule has 0 spiro atoms. The van der Waals surface area contributed by atoms with Gasteiger partial charge in [-0.25, -0.2) is 0 Å². The van der Waals surface area contributed by atoms with Crippen LogP contribution in [0.25, 0.3) is 0 Å². The van der Waals surface area contributed by atoms with E-state index in [1.54, 1.807) is 0 Å². The van der Waals surface area contributed by atoms with Crippen LogP contribution in [0.2, 0.25) is 0 Å². The lowest BCUT2D eigenvalue weighted by atomic mass is 10.3. The average Bonchev–Trinajstić information content (AvgIpc) is 2.75. The molecule has 2 rings (SSSR count). The Balaban J connectivity index is 2.00. The molecule has 0 aromatic carbocycles. The molecule has 4 heteroatoms. The van der Waals surface area contributed by atoms with Gasteiger partial charge in [0.1, 0.15) is 0 Å². The smallest absolute Gasteiger partial charge is 0.0625 e. The molecule has 1 aromatic heterocycles. The normalized spacial score (nSPS) is 22.5. The fourth-order valence-corrected chi connectivity index (χ4v) is 2.13. The first kappa shape index (κ1) is 10.6. The van der Waals surface area contributed by atoms with E-state index < -0.39 is 0 Å². The molecule has 15 heavy (non-hydrogen) atoms. The molecule has 1 saturated heterocycles. The maximum atomic E-state index is 5.88. The molecule has 0 unspecified atom stereocenters. The van der Waals surface area contributed by atoms with Gasteiger partial charge in [-0.05, 0) is 18.9 Å². The van der Waals surface area contributed by atoms with Crippen molar-refractivity contribution in [3.63, 3.8) is 0 Å². The number of hydrogen-bond acceptors (Lipinski definition) is 3. The van der Waals surface area contributed by atoms with Crippen molar-refractivity contribution in [2.75, 3.05) is 13.1 Å². The summed E-state index contributed by atoms with van der Waals surface area (Å²) in [4.78, 5) is 2.40. The van der Waals surface area contributed by atoms with E-state index in [0.29, 0.717) is 6.04 Å². The summed E-state index contributed by atoms with van der Waals surface area (Å²) < 4.78 is 1.99. The van der Waals surface area contributed by atoms with Crippen molar-refractivity contribution in [3.05, 3.63) is 17.5 Å². The van der Waals surface area contributed by atoms with E-state index in [9.17, 15) is 0 Å². The van der Waals surface area contributed by atoms with E-state index in [4.69, 9.17) is 5.73 Å². The molecule has 1 atom stereocenters. The fraction of sp³-hybridized carbons (Fsp3) is 0.727. The van der Waals surface area contributed by atoms with Crippen molar-refractivity contribution in [2.24, 2.45) is 12.8 Å². The summed E-state index contributed by atoms with van der Waals surface area (Å²) in [5.74, 6) is 0. The first-order chi connectivity index (χ1) is 7.19. The number of nitrogens with two attached hydrogens (primary N) is 1. The first-order valence-electron chi connectivity index (χ1n) is 5.68. The monoisotopic (exact) mass is 208 g/mol. The molecule has 0 amide bonds. The van der Waals surface area contributed by atoms with Gasteiger partial charge in [0.2, 0.25) is 0 Å². The van der Waals surface area contributed by atoms with Gasteiger partial charge in [0.05, 0.1) is 11.4 Å². The number of hydrogen-bond donors (Lipinski definition) is 1. The maximum Gasteiger partial charge on any atom is 0.0625 e. The highest BCUT2D eigenvalue weighted by Gasteiger charge is 2.20. The van der Waals surface area contributed by atoms with Gasteiger partial charge in [-0.2, -0.15) is 5.10 Å². The summed E-state index contributed by atoms with van der Waals surface area (Å²) in [6, 6.07) is 2.56. The van der Waals surface area contributed by atoms with E-state index >= 15 is 0 Å². The number of aromatic nitrogens is 2. The van der Waals surface area contributed by atoms with Crippen LogP contribution in [0.1, 0.15) is 24.7 Å². The third kappa shape index (κ3) is 2.38. The molecule has 1 fully saturated rings. The van der Waals surface area contributed by atoms with Crippen LogP contribution in [-0.2, 0) is 20.0 Å². The van der Waals surface area contributed by atoms with Gasteiger partial charge in [0.15, 0.2) is 0 Å². The van der Waals surface area contributed by atoms with Crippen LogP contribution in [0, 0.1) is 0 Å². The Bertz CT molecular complexity index is 331. The first-order valence-corrected chi connectivity index (χ1v) is 5.68. The lowest BCUT2D eigenvalue weighted by Crippen LogP contribution is -2.26. The van der Waals surface area contributed by atoms with E-state index in [1.807, 2.05) is 11.7 Å². The Hall–Kier alpha value is -0.870. The Kier molecular flexibility index (Phi) is 3.07. The summed E-state index contributed by atoms with van der Waals surface area (Å²) in [6.07, 6.45) is 2.13. The van der Waals surface area contributed by atoms with Crippen molar-refractivity contribution in [2.45, 2.75) is 32.4 Å². The van der Waals surface area contributed by atoms with Crippen molar-refractivity contribution in [1.29, 1.82) is 0 Å². The fourth-order valence-electron chi connectivity index (χ4n) is 2.13. The molecule has 0 radical (unpaired) electrons. The molecule has 0 aliphatic carbocycles. The minimum atomic E-state index is 0.365. The number of aryl methyl sites for hydroxylation is 2. The molecule has 1 aliphatic rings. The highest BCUT2D eigenvalue weighted by molar-refractivity contribution is 5.10. The van der Waals surface area contributed by atoms with Gasteiger partial charge in [-0.1, -0.05) is 6.92 Å². The zero-order valence-corrected chi connectivity index (χ0v) is 9.61. The molecular formula is C11H20N4. The van der Waals surface area contributed by atoms with Crippen LogP contribution < -0.4 is 5.73 Å².